The number of aromatic nitrogens is 3. The Morgan fingerprint density at radius 1 is 1.29 bits per heavy atom. The van der Waals surface area contributed by atoms with Crippen LogP contribution in [0.3, 0.4) is 0 Å². The van der Waals surface area contributed by atoms with Crippen LogP contribution in [0.2, 0.25) is 0 Å². The van der Waals surface area contributed by atoms with Crippen LogP contribution in [0.4, 0.5) is 5.13 Å². The number of hydrogen-bond donors (Lipinski definition) is 0. The Morgan fingerprint density at radius 2 is 2.04 bits per heavy atom. The van der Waals surface area contributed by atoms with Crippen LogP contribution < -0.4 is 9.64 Å². The molecule has 28 heavy (non-hydrogen) atoms. The van der Waals surface area contributed by atoms with Crippen molar-refractivity contribution in [2.24, 2.45) is 0 Å². The predicted octanol–water partition coefficient (Wildman–Crippen LogP) is 3.60. The van der Waals surface area contributed by atoms with Gasteiger partial charge in [-0.25, -0.2) is 4.98 Å². The van der Waals surface area contributed by atoms with Gasteiger partial charge in [0.1, 0.15) is 11.3 Å². The number of carbonyl (C=O) groups excluding carboxylic acids is 1. The number of likely N-dealkylation sites (N-methyl/N-ethyl adjacent to an activating group) is 1. The minimum atomic E-state index is -0.137. The summed E-state index contributed by atoms with van der Waals surface area (Å²) in [6, 6.07) is 7.85. The molecule has 0 N–H and O–H groups in total. The van der Waals surface area contributed by atoms with E-state index in [2.05, 4.69) is 18.9 Å². The van der Waals surface area contributed by atoms with Crippen molar-refractivity contribution in [1.82, 2.24) is 19.7 Å². The van der Waals surface area contributed by atoms with E-state index in [1.807, 2.05) is 54.9 Å². The fourth-order valence-corrected chi connectivity index (χ4v) is 4.04. The van der Waals surface area contributed by atoms with Crippen molar-refractivity contribution in [1.29, 1.82) is 0 Å². The van der Waals surface area contributed by atoms with Crippen LogP contribution in [-0.4, -0.2) is 59.9 Å². The van der Waals surface area contributed by atoms with E-state index < -0.39 is 0 Å². The number of carbonyl (C=O) groups is 1. The smallest absolute Gasteiger partial charge is 0.280 e. The monoisotopic (exact) mass is 401 g/mol. The van der Waals surface area contributed by atoms with Crippen molar-refractivity contribution in [3.8, 4) is 5.75 Å². The van der Waals surface area contributed by atoms with Crippen LogP contribution in [-0.2, 0) is 0 Å². The summed E-state index contributed by atoms with van der Waals surface area (Å²) in [4.78, 5) is 21.8. The Balaban J connectivity index is 2.01. The number of nitrogens with zero attached hydrogens (tertiary/aromatic N) is 5. The second kappa shape index (κ2) is 8.28. The molecule has 0 aliphatic carbocycles. The third kappa shape index (κ3) is 4.02. The maximum absolute atomic E-state index is 13.3. The highest BCUT2D eigenvalue weighted by molar-refractivity contribution is 7.22. The summed E-state index contributed by atoms with van der Waals surface area (Å²) in [7, 11) is 5.60. The lowest BCUT2D eigenvalue weighted by atomic mass is 10.3. The number of fused-ring (bicyclic) bond motifs is 1. The molecule has 2 heterocycles. The molecule has 0 saturated heterocycles. The van der Waals surface area contributed by atoms with Crippen molar-refractivity contribution in [2.45, 2.75) is 26.8 Å². The maximum Gasteiger partial charge on any atom is 0.280 e. The normalized spacial score (nSPS) is 11.6. The van der Waals surface area contributed by atoms with Gasteiger partial charge in [0.15, 0.2) is 10.8 Å². The number of thiazole rings is 1. The molecular formula is C20H27N5O2S. The van der Waals surface area contributed by atoms with Crippen LogP contribution in [0.1, 0.15) is 36.1 Å². The lowest BCUT2D eigenvalue weighted by Crippen LogP contribution is -2.37. The van der Waals surface area contributed by atoms with E-state index >= 15 is 0 Å². The average Bonchev–Trinajstić information content (AvgIpc) is 3.24. The molecule has 3 rings (SSSR count). The fourth-order valence-electron chi connectivity index (χ4n) is 3.03. The summed E-state index contributed by atoms with van der Waals surface area (Å²) in [6.07, 6.45) is 0. The van der Waals surface area contributed by atoms with Crippen LogP contribution in [0, 0.1) is 6.92 Å². The highest BCUT2D eigenvalue weighted by Gasteiger charge is 2.25. The van der Waals surface area contributed by atoms with E-state index in [1.54, 1.807) is 12.0 Å². The minimum absolute atomic E-state index is 0.137. The quantitative estimate of drug-likeness (QED) is 0.605. The molecule has 0 saturated carbocycles. The molecule has 0 fully saturated rings. The SMILES string of the molecule is COc1cccc2sc(N(CCN(C)C)C(=O)c3cc(C)n(C(C)C)n3)nc12. The van der Waals surface area contributed by atoms with Crippen LogP contribution in [0.15, 0.2) is 24.3 Å². The number of methoxy groups -OCH3 is 1. The second-order valence-electron chi connectivity index (χ2n) is 7.27. The first-order chi connectivity index (χ1) is 13.3. The van der Waals surface area contributed by atoms with E-state index in [0.29, 0.717) is 23.1 Å². The standard InChI is InChI=1S/C20H27N5O2S/c1-13(2)25-14(3)12-15(22-25)19(26)24(11-10-23(4)5)20-21-18-16(27-6)8-7-9-17(18)28-20/h7-9,12-13H,10-11H2,1-6H3. The molecule has 0 aliphatic rings. The van der Waals surface area contributed by atoms with Gasteiger partial charge in [0.25, 0.3) is 5.91 Å². The van der Waals surface area contributed by atoms with Gasteiger partial charge in [-0.1, -0.05) is 17.4 Å². The van der Waals surface area contributed by atoms with E-state index in [4.69, 9.17) is 9.72 Å². The van der Waals surface area contributed by atoms with Gasteiger partial charge in [-0.05, 0) is 53.1 Å². The number of benzene rings is 1. The number of ether oxygens (including phenoxy) is 1. The number of aryl methyl sites for hydroxylation is 1. The van der Waals surface area contributed by atoms with Crippen molar-refractivity contribution >= 4 is 32.6 Å². The number of rotatable bonds is 7. The fraction of sp³-hybridized carbons (Fsp3) is 0.450. The van der Waals surface area contributed by atoms with E-state index in [0.717, 1.165) is 22.5 Å². The van der Waals surface area contributed by atoms with Gasteiger partial charge in [0, 0.05) is 24.8 Å². The first kappa shape index (κ1) is 20.3. The maximum atomic E-state index is 13.3. The Kier molecular flexibility index (Phi) is 6.00. The molecule has 1 aromatic carbocycles. The molecule has 0 aliphatic heterocycles. The molecule has 1 amide bonds. The van der Waals surface area contributed by atoms with Crippen molar-refractivity contribution in [3.63, 3.8) is 0 Å². The van der Waals surface area contributed by atoms with Gasteiger partial charge in [-0.2, -0.15) is 5.10 Å². The zero-order valence-corrected chi connectivity index (χ0v) is 18.1. The molecule has 0 bridgehead atoms. The summed E-state index contributed by atoms with van der Waals surface area (Å²) in [5, 5.41) is 5.19. The molecule has 2 aromatic heterocycles. The van der Waals surface area contributed by atoms with E-state index in [9.17, 15) is 4.79 Å². The van der Waals surface area contributed by atoms with Crippen LogP contribution in [0.25, 0.3) is 10.2 Å². The molecule has 3 aromatic rings. The number of amides is 1. The minimum Gasteiger partial charge on any atom is -0.494 e. The first-order valence-electron chi connectivity index (χ1n) is 9.28. The van der Waals surface area contributed by atoms with Crippen molar-refractivity contribution in [2.75, 3.05) is 39.2 Å². The second-order valence-corrected chi connectivity index (χ2v) is 8.28. The number of anilines is 1. The van der Waals surface area contributed by atoms with Crippen molar-refractivity contribution in [3.05, 3.63) is 35.7 Å². The molecule has 150 valence electrons. The predicted molar refractivity (Wildman–Crippen MR) is 114 cm³/mol. The lowest BCUT2D eigenvalue weighted by Gasteiger charge is -2.21. The first-order valence-corrected chi connectivity index (χ1v) is 10.1. The van der Waals surface area contributed by atoms with Gasteiger partial charge in [0.05, 0.1) is 11.8 Å². The Morgan fingerprint density at radius 3 is 2.64 bits per heavy atom. The molecule has 7 nitrogen and oxygen atoms in total. The highest BCUT2D eigenvalue weighted by Crippen LogP contribution is 2.34. The van der Waals surface area contributed by atoms with Crippen molar-refractivity contribution < 1.29 is 9.53 Å². The highest BCUT2D eigenvalue weighted by atomic mass is 32.1. The topological polar surface area (TPSA) is 63.5 Å². The summed E-state index contributed by atoms with van der Waals surface area (Å²) in [5.74, 6) is 0.572. The number of hydrogen-bond acceptors (Lipinski definition) is 6. The zero-order chi connectivity index (χ0) is 20.4. The van der Waals surface area contributed by atoms with Crippen LogP contribution in [0.5, 0.6) is 5.75 Å². The third-order valence-electron chi connectivity index (χ3n) is 4.47. The molecular weight excluding hydrogens is 374 g/mol. The third-order valence-corrected chi connectivity index (χ3v) is 5.51. The summed E-state index contributed by atoms with van der Waals surface area (Å²) in [5.41, 5.74) is 2.18. The molecule has 0 radical (unpaired) electrons. The molecule has 0 atom stereocenters. The molecule has 8 heteroatoms. The Labute approximate surface area is 169 Å². The van der Waals surface area contributed by atoms with Gasteiger partial charge in [0.2, 0.25) is 0 Å². The molecule has 0 unspecified atom stereocenters. The van der Waals surface area contributed by atoms with Gasteiger partial charge in [-0.3, -0.25) is 14.4 Å². The molecule has 0 spiro atoms. The zero-order valence-electron chi connectivity index (χ0n) is 17.3. The van der Waals surface area contributed by atoms with Gasteiger partial charge < -0.3 is 9.64 Å². The Hall–Kier alpha value is -2.45. The number of para-hydroxylation sites is 1. The van der Waals surface area contributed by atoms with E-state index in [1.165, 1.54) is 11.3 Å². The Bertz CT molecular complexity index is 976. The largest absolute Gasteiger partial charge is 0.494 e. The van der Waals surface area contributed by atoms with E-state index in [-0.39, 0.29) is 11.9 Å². The average molecular weight is 402 g/mol. The van der Waals surface area contributed by atoms with Gasteiger partial charge in [-0.15, -0.1) is 0 Å². The lowest BCUT2D eigenvalue weighted by molar-refractivity contribution is 0.0979. The summed E-state index contributed by atoms with van der Waals surface area (Å²) in [6.45, 7) is 7.33. The van der Waals surface area contributed by atoms with Crippen LogP contribution >= 0.6 is 11.3 Å². The summed E-state index contributed by atoms with van der Waals surface area (Å²) >= 11 is 1.49. The summed E-state index contributed by atoms with van der Waals surface area (Å²) < 4.78 is 8.29. The van der Waals surface area contributed by atoms with Gasteiger partial charge >= 0.3 is 0 Å².